The topological polar surface area (TPSA) is 70.7 Å². The molecule has 0 spiro atoms. The third kappa shape index (κ3) is 4.31. The summed E-state index contributed by atoms with van der Waals surface area (Å²) in [7, 11) is -1.92. The maximum atomic E-state index is 12.8. The van der Waals surface area contributed by atoms with Crippen LogP contribution in [0.4, 0.5) is 5.69 Å². The third-order valence-electron chi connectivity index (χ3n) is 3.05. The van der Waals surface area contributed by atoms with Crippen molar-refractivity contribution >= 4 is 33.0 Å². The molecule has 6 nitrogen and oxygen atoms in total. The highest BCUT2D eigenvalue weighted by molar-refractivity contribution is 7.89. The summed E-state index contributed by atoms with van der Waals surface area (Å²) in [4.78, 5) is 0.141. The van der Waals surface area contributed by atoms with Gasteiger partial charge in [-0.2, -0.15) is 4.31 Å². The molecule has 0 radical (unpaired) electrons. The van der Waals surface area contributed by atoms with Crippen LogP contribution < -0.4 is 15.4 Å². The van der Waals surface area contributed by atoms with Crippen molar-refractivity contribution in [2.24, 2.45) is 0 Å². The molecule has 0 aliphatic heterocycles. The number of nitrogens with one attached hydrogen (secondary N) is 2. The Labute approximate surface area is 137 Å². The first-order valence-corrected chi connectivity index (χ1v) is 9.01. The van der Waals surface area contributed by atoms with Crippen LogP contribution >= 0.6 is 12.2 Å². The maximum Gasteiger partial charge on any atom is 0.246 e. The van der Waals surface area contributed by atoms with Gasteiger partial charge < -0.3 is 15.4 Å². The largest absolute Gasteiger partial charge is 0.492 e. The molecule has 0 aromatic heterocycles. The molecule has 1 aromatic carbocycles. The molecule has 0 fully saturated rings. The highest BCUT2D eigenvalue weighted by atomic mass is 32.2. The van der Waals surface area contributed by atoms with E-state index in [1.165, 1.54) is 4.31 Å². The minimum atomic E-state index is -3.61. The van der Waals surface area contributed by atoms with Crippen molar-refractivity contribution in [1.29, 1.82) is 0 Å². The molecule has 0 bridgehead atoms. The van der Waals surface area contributed by atoms with E-state index in [0.717, 1.165) is 0 Å². The molecular weight excluding hydrogens is 322 g/mol. The average molecular weight is 345 g/mol. The fraction of sp³-hybridized carbons (Fsp3) is 0.500. The predicted molar refractivity (Wildman–Crippen MR) is 93.0 cm³/mol. The lowest BCUT2D eigenvalue weighted by Gasteiger charge is -2.21. The SMILES string of the molecule is CCOc1ccc(NC(=S)NC)cc1S(=O)(=O)N(CC)CC. The first-order valence-electron chi connectivity index (χ1n) is 7.16. The zero-order chi connectivity index (χ0) is 16.8. The van der Waals surface area contributed by atoms with E-state index >= 15 is 0 Å². The van der Waals surface area contributed by atoms with Gasteiger partial charge in [-0.25, -0.2) is 8.42 Å². The Morgan fingerprint density at radius 1 is 1.27 bits per heavy atom. The standard InChI is InChI=1S/C14H23N3O3S2/c1-5-17(6-2)22(18,19)13-10-11(16-14(21)15-4)8-9-12(13)20-7-3/h8-10H,5-7H2,1-4H3,(H2,15,16,21). The minimum Gasteiger partial charge on any atom is -0.492 e. The van der Waals surface area contributed by atoms with E-state index in [4.69, 9.17) is 17.0 Å². The fourth-order valence-corrected chi connectivity index (χ4v) is 3.69. The number of ether oxygens (including phenoxy) is 1. The lowest BCUT2D eigenvalue weighted by atomic mass is 10.3. The fourth-order valence-electron chi connectivity index (χ4n) is 1.96. The molecule has 0 saturated heterocycles. The Hall–Kier alpha value is -1.38. The molecule has 22 heavy (non-hydrogen) atoms. The van der Waals surface area contributed by atoms with Gasteiger partial charge in [-0.3, -0.25) is 0 Å². The first kappa shape index (κ1) is 18.7. The number of thiocarbonyl (C=S) groups is 1. The average Bonchev–Trinajstić information content (AvgIpc) is 2.49. The second-order valence-corrected chi connectivity index (χ2v) is 6.70. The van der Waals surface area contributed by atoms with Gasteiger partial charge in [-0.1, -0.05) is 13.8 Å². The number of benzene rings is 1. The van der Waals surface area contributed by atoms with E-state index in [-0.39, 0.29) is 4.90 Å². The molecule has 0 saturated carbocycles. The van der Waals surface area contributed by atoms with Gasteiger partial charge in [0, 0.05) is 25.8 Å². The number of hydrogen-bond acceptors (Lipinski definition) is 4. The number of hydrogen-bond donors (Lipinski definition) is 2. The van der Waals surface area contributed by atoms with Crippen LogP contribution in [0.2, 0.25) is 0 Å². The Bertz CT molecular complexity index is 614. The van der Waals surface area contributed by atoms with Crippen molar-refractivity contribution in [3.8, 4) is 5.75 Å². The van der Waals surface area contributed by atoms with Crippen LogP contribution in [0.15, 0.2) is 23.1 Å². The van der Waals surface area contributed by atoms with Crippen LogP contribution in [-0.2, 0) is 10.0 Å². The monoisotopic (exact) mass is 345 g/mol. The second-order valence-electron chi connectivity index (χ2n) is 4.39. The zero-order valence-corrected chi connectivity index (χ0v) is 15.0. The van der Waals surface area contributed by atoms with Crippen LogP contribution in [-0.4, -0.2) is 44.6 Å². The van der Waals surface area contributed by atoms with Crippen LogP contribution in [0, 0.1) is 0 Å². The summed E-state index contributed by atoms with van der Waals surface area (Å²) in [6, 6.07) is 4.92. The van der Waals surface area contributed by atoms with Crippen molar-refractivity contribution in [2.45, 2.75) is 25.7 Å². The van der Waals surface area contributed by atoms with E-state index in [9.17, 15) is 8.42 Å². The highest BCUT2D eigenvalue weighted by Crippen LogP contribution is 2.30. The summed E-state index contributed by atoms with van der Waals surface area (Å²) >= 11 is 5.04. The van der Waals surface area contributed by atoms with Gasteiger partial charge in [0.1, 0.15) is 10.6 Å². The van der Waals surface area contributed by atoms with E-state index < -0.39 is 10.0 Å². The Kier molecular flexibility index (Phi) is 7.05. The van der Waals surface area contributed by atoms with E-state index in [0.29, 0.717) is 36.2 Å². The van der Waals surface area contributed by atoms with Gasteiger partial charge in [0.15, 0.2) is 5.11 Å². The maximum absolute atomic E-state index is 12.8. The van der Waals surface area contributed by atoms with Crippen LogP contribution in [0.5, 0.6) is 5.75 Å². The summed E-state index contributed by atoms with van der Waals surface area (Å²) in [5, 5.41) is 6.13. The lowest BCUT2D eigenvalue weighted by molar-refractivity contribution is 0.329. The van der Waals surface area contributed by atoms with Crippen molar-refractivity contribution in [3.05, 3.63) is 18.2 Å². The van der Waals surface area contributed by atoms with Crippen molar-refractivity contribution in [3.63, 3.8) is 0 Å². The Balaban J connectivity index is 3.34. The molecule has 0 unspecified atom stereocenters. The second kappa shape index (κ2) is 8.30. The Morgan fingerprint density at radius 3 is 2.41 bits per heavy atom. The quantitative estimate of drug-likeness (QED) is 0.737. The van der Waals surface area contributed by atoms with Crippen LogP contribution in [0.25, 0.3) is 0 Å². The number of anilines is 1. The summed E-state index contributed by atoms with van der Waals surface area (Å²) in [6.07, 6.45) is 0. The molecule has 1 rings (SSSR count). The minimum absolute atomic E-state index is 0.141. The summed E-state index contributed by atoms with van der Waals surface area (Å²) < 4.78 is 32.4. The smallest absolute Gasteiger partial charge is 0.246 e. The van der Waals surface area contributed by atoms with Crippen LogP contribution in [0.1, 0.15) is 20.8 Å². The highest BCUT2D eigenvalue weighted by Gasteiger charge is 2.26. The molecule has 0 amide bonds. The van der Waals surface area contributed by atoms with Gasteiger partial charge in [-0.05, 0) is 37.3 Å². The van der Waals surface area contributed by atoms with E-state index in [1.807, 2.05) is 6.92 Å². The van der Waals surface area contributed by atoms with E-state index in [2.05, 4.69) is 10.6 Å². The number of nitrogens with zero attached hydrogens (tertiary/aromatic N) is 1. The summed E-state index contributed by atoms with van der Waals surface area (Å²) in [5.74, 6) is 0.343. The summed E-state index contributed by atoms with van der Waals surface area (Å²) in [6.45, 7) is 6.62. The Morgan fingerprint density at radius 2 is 1.91 bits per heavy atom. The van der Waals surface area contributed by atoms with Gasteiger partial charge in [0.25, 0.3) is 0 Å². The van der Waals surface area contributed by atoms with Gasteiger partial charge in [-0.15, -0.1) is 0 Å². The summed E-state index contributed by atoms with van der Waals surface area (Å²) in [5.41, 5.74) is 0.591. The van der Waals surface area contributed by atoms with E-state index in [1.54, 1.807) is 39.1 Å². The number of rotatable bonds is 7. The zero-order valence-electron chi connectivity index (χ0n) is 13.3. The molecule has 0 heterocycles. The van der Waals surface area contributed by atoms with Crippen molar-refractivity contribution in [1.82, 2.24) is 9.62 Å². The molecule has 0 aliphatic carbocycles. The third-order valence-corrected chi connectivity index (χ3v) is 5.43. The molecule has 8 heteroatoms. The molecule has 1 aromatic rings. The van der Waals surface area contributed by atoms with Gasteiger partial charge in [0.2, 0.25) is 10.0 Å². The normalized spacial score (nSPS) is 11.3. The molecule has 2 N–H and O–H groups in total. The van der Waals surface area contributed by atoms with Gasteiger partial charge in [0.05, 0.1) is 6.61 Å². The molecule has 0 aliphatic rings. The molecular formula is C14H23N3O3S2. The predicted octanol–water partition coefficient (Wildman–Crippen LogP) is 2.03. The lowest BCUT2D eigenvalue weighted by Crippen LogP contribution is -2.31. The van der Waals surface area contributed by atoms with Gasteiger partial charge >= 0.3 is 0 Å². The molecule has 0 atom stereocenters. The van der Waals surface area contributed by atoms with Crippen molar-refractivity contribution in [2.75, 3.05) is 32.1 Å². The molecule has 124 valence electrons. The van der Waals surface area contributed by atoms with Crippen molar-refractivity contribution < 1.29 is 13.2 Å². The number of sulfonamides is 1. The van der Waals surface area contributed by atoms with Crippen LogP contribution in [0.3, 0.4) is 0 Å². The first-order chi connectivity index (χ1) is 10.4.